The normalized spacial score (nSPS) is 19.8. The van der Waals surface area contributed by atoms with Crippen molar-refractivity contribution in [1.29, 1.82) is 0 Å². The fourth-order valence-electron chi connectivity index (χ4n) is 2.43. The number of nitrogens with zero attached hydrogens (tertiary/aromatic N) is 1. The summed E-state index contributed by atoms with van der Waals surface area (Å²) in [5.74, 6) is 0.980. The van der Waals surface area contributed by atoms with Crippen LogP contribution in [0.25, 0.3) is 0 Å². The van der Waals surface area contributed by atoms with Crippen LogP contribution in [0.4, 0.5) is 5.69 Å². The molecule has 1 aromatic carbocycles. The van der Waals surface area contributed by atoms with E-state index in [1.165, 1.54) is 0 Å². The van der Waals surface area contributed by atoms with Gasteiger partial charge < -0.3 is 15.0 Å². The van der Waals surface area contributed by atoms with Gasteiger partial charge in [0.05, 0.1) is 17.9 Å². The quantitative estimate of drug-likeness (QED) is 0.786. The van der Waals surface area contributed by atoms with E-state index in [-0.39, 0.29) is 5.78 Å². The van der Waals surface area contributed by atoms with E-state index in [4.69, 9.17) is 4.74 Å². The highest BCUT2D eigenvalue weighted by atomic mass is 16.5. The van der Waals surface area contributed by atoms with Crippen molar-refractivity contribution in [3.63, 3.8) is 0 Å². The van der Waals surface area contributed by atoms with Gasteiger partial charge in [0.15, 0.2) is 11.5 Å². The molecule has 0 spiro atoms. The van der Waals surface area contributed by atoms with E-state index in [0.717, 1.165) is 43.2 Å². The first-order valence-electron chi connectivity index (χ1n) is 6.11. The lowest BCUT2D eigenvalue weighted by atomic mass is 10.0. The number of hydrogen-bond donors (Lipinski definition) is 1. The largest absolute Gasteiger partial charge is 0.490 e. The molecule has 4 nitrogen and oxygen atoms in total. The third kappa shape index (κ3) is 1.89. The number of ketones is 1. The summed E-state index contributed by atoms with van der Waals surface area (Å²) in [5, 5.41) is 3.32. The van der Waals surface area contributed by atoms with Crippen molar-refractivity contribution >= 4 is 11.5 Å². The number of ether oxygens (including phenoxy) is 1. The van der Waals surface area contributed by atoms with Crippen LogP contribution in [0.15, 0.2) is 18.2 Å². The Hall–Kier alpha value is -1.55. The Kier molecular flexibility index (Phi) is 2.73. The molecule has 0 bridgehead atoms. The molecule has 2 aliphatic heterocycles. The van der Waals surface area contributed by atoms with Crippen molar-refractivity contribution in [3.8, 4) is 5.75 Å². The summed E-state index contributed by atoms with van der Waals surface area (Å²) in [4.78, 5) is 14.1. The van der Waals surface area contributed by atoms with Crippen LogP contribution >= 0.6 is 0 Å². The van der Waals surface area contributed by atoms with Crippen molar-refractivity contribution in [2.75, 3.05) is 37.7 Å². The van der Waals surface area contributed by atoms with Gasteiger partial charge in [-0.2, -0.15) is 0 Å². The molecule has 0 aliphatic carbocycles. The summed E-state index contributed by atoms with van der Waals surface area (Å²) in [6.07, 6.45) is 0.498. The Morgan fingerprint density at radius 1 is 1.24 bits per heavy atom. The maximum Gasteiger partial charge on any atom is 0.170 e. The van der Waals surface area contributed by atoms with E-state index in [9.17, 15) is 4.79 Å². The molecule has 17 heavy (non-hydrogen) atoms. The van der Waals surface area contributed by atoms with E-state index in [1.807, 2.05) is 18.2 Å². The van der Waals surface area contributed by atoms with Gasteiger partial charge in [-0.15, -0.1) is 0 Å². The van der Waals surface area contributed by atoms with Gasteiger partial charge in [0.25, 0.3) is 0 Å². The predicted molar refractivity (Wildman–Crippen MR) is 66.0 cm³/mol. The van der Waals surface area contributed by atoms with Gasteiger partial charge in [0, 0.05) is 32.6 Å². The van der Waals surface area contributed by atoms with Gasteiger partial charge in [-0.1, -0.05) is 6.07 Å². The van der Waals surface area contributed by atoms with Crippen LogP contribution in [0.5, 0.6) is 5.75 Å². The SMILES string of the molecule is O=C1CCOc2c1cccc2N1CCNCC1. The second-order valence-electron chi connectivity index (χ2n) is 4.41. The molecule has 0 saturated carbocycles. The van der Waals surface area contributed by atoms with Crippen LogP contribution in [-0.2, 0) is 0 Å². The Morgan fingerprint density at radius 2 is 2.06 bits per heavy atom. The molecule has 0 aromatic heterocycles. The van der Waals surface area contributed by atoms with E-state index in [0.29, 0.717) is 13.0 Å². The summed E-state index contributed by atoms with van der Waals surface area (Å²) in [7, 11) is 0. The van der Waals surface area contributed by atoms with Gasteiger partial charge in [-0.3, -0.25) is 4.79 Å². The minimum atomic E-state index is 0.197. The maximum atomic E-state index is 11.8. The average molecular weight is 232 g/mol. The first-order chi connectivity index (χ1) is 8.36. The highest BCUT2D eigenvalue weighted by Crippen LogP contribution is 2.35. The molecule has 0 atom stereocenters. The maximum absolute atomic E-state index is 11.8. The number of rotatable bonds is 1. The molecule has 2 aliphatic rings. The minimum Gasteiger partial charge on any atom is -0.490 e. The lowest BCUT2D eigenvalue weighted by Crippen LogP contribution is -2.43. The molecule has 0 unspecified atom stereocenters. The van der Waals surface area contributed by atoms with Crippen molar-refractivity contribution in [3.05, 3.63) is 23.8 Å². The lowest BCUT2D eigenvalue weighted by Gasteiger charge is -2.32. The van der Waals surface area contributed by atoms with Crippen molar-refractivity contribution in [1.82, 2.24) is 5.32 Å². The molecule has 1 fully saturated rings. The summed E-state index contributed by atoms with van der Waals surface area (Å²) in [6.45, 7) is 4.41. The molecule has 0 amide bonds. The molecule has 1 aromatic rings. The number of para-hydroxylation sites is 1. The number of anilines is 1. The Labute approximate surface area is 101 Å². The van der Waals surface area contributed by atoms with Crippen LogP contribution in [0.1, 0.15) is 16.8 Å². The summed E-state index contributed by atoms with van der Waals surface area (Å²) in [5.41, 5.74) is 1.81. The number of carbonyl (C=O) groups excluding carboxylic acids is 1. The fourth-order valence-corrected chi connectivity index (χ4v) is 2.43. The van der Waals surface area contributed by atoms with Gasteiger partial charge in [0.2, 0.25) is 0 Å². The molecule has 1 saturated heterocycles. The molecule has 90 valence electrons. The average Bonchev–Trinajstić information content (AvgIpc) is 2.40. The van der Waals surface area contributed by atoms with Crippen LogP contribution in [0.2, 0.25) is 0 Å². The molecule has 1 N–H and O–H groups in total. The smallest absolute Gasteiger partial charge is 0.170 e. The molecule has 0 radical (unpaired) electrons. The minimum absolute atomic E-state index is 0.197. The van der Waals surface area contributed by atoms with Crippen molar-refractivity contribution < 1.29 is 9.53 Å². The topological polar surface area (TPSA) is 41.6 Å². The Balaban J connectivity index is 1.99. The second kappa shape index (κ2) is 4.37. The monoisotopic (exact) mass is 232 g/mol. The zero-order valence-electron chi connectivity index (χ0n) is 9.74. The van der Waals surface area contributed by atoms with Crippen LogP contribution in [0, 0.1) is 0 Å². The van der Waals surface area contributed by atoms with Gasteiger partial charge >= 0.3 is 0 Å². The fraction of sp³-hybridized carbons (Fsp3) is 0.462. The van der Waals surface area contributed by atoms with Crippen LogP contribution in [-0.4, -0.2) is 38.6 Å². The third-order valence-corrected chi connectivity index (χ3v) is 3.33. The summed E-state index contributed by atoms with van der Waals surface area (Å²) < 4.78 is 5.70. The number of piperazine rings is 1. The Bertz CT molecular complexity index is 439. The molecular formula is C13H16N2O2. The second-order valence-corrected chi connectivity index (χ2v) is 4.41. The number of benzene rings is 1. The number of nitrogens with one attached hydrogen (secondary N) is 1. The molecule has 3 rings (SSSR count). The third-order valence-electron chi connectivity index (χ3n) is 3.33. The molecular weight excluding hydrogens is 216 g/mol. The lowest BCUT2D eigenvalue weighted by molar-refractivity contribution is 0.0934. The predicted octanol–water partition coefficient (Wildman–Crippen LogP) is 1.06. The number of fused-ring (bicyclic) bond motifs is 1. The van der Waals surface area contributed by atoms with E-state index >= 15 is 0 Å². The zero-order valence-corrected chi connectivity index (χ0v) is 9.74. The summed E-state index contributed by atoms with van der Waals surface area (Å²) in [6, 6.07) is 5.86. The van der Waals surface area contributed by atoms with E-state index in [1.54, 1.807) is 0 Å². The van der Waals surface area contributed by atoms with Gasteiger partial charge in [0.1, 0.15) is 0 Å². The number of Topliss-reactive ketones (excluding diaryl/α,β-unsaturated/α-hetero) is 1. The van der Waals surface area contributed by atoms with Gasteiger partial charge in [-0.25, -0.2) is 0 Å². The standard InChI is InChI=1S/C13H16N2O2/c16-12-4-9-17-13-10(12)2-1-3-11(13)15-7-5-14-6-8-15/h1-3,14H,4-9H2. The molecule has 2 heterocycles. The van der Waals surface area contributed by atoms with Crippen LogP contribution in [0.3, 0.4) is 0 Å². The van der Waals surface area contributed by atoms with E-state index < -0.39 is 0 Å². The summed E-state index contributed by atoms with van der Waals surface area (Å²) >= 11 is 0. The zero-order chi connectivity index (χ0) is 11.7. The highest BCUT2D eigenvalue weighted by Gasteiger charge is 2.24. The Morgan fingerprint density at radius 3 is 2.88 bits per heavy atom. The first-order valence-corrected chi connectivity index (χ1v) is 6.11. The first kappa shape index (κ1) is 10.6. The van der Waals surface area contributed by atoms with E-state index in [2.05, 4.69) is 10.2 Å². The van der Waals surface area contributed by atoms with Gasteiger partial charge in [-0.05, 0) is 12.1 Å². The highest BCUT2D eigenvalue weighted by molar-refractivity contribution is 6.01. The van der Waals surface area contributed by atoms with Crippen LogP contribution < -0.4 is 15.0 Å². The van der Waals surface area contributed by atoms with Crippen molar-refractivity contribution in [2.24, 2.45) is 0 Å². The molecule has 4 heteroatoms. The number of hydrogen-bond acceptors (Lipinski definition) is 4. The number of carbonyl (C=O) groups is 1. The van der Waals surface area contributed by atoms with Crippen molar-refractivity contribution in [2.45, 2.75) is 6.42 Å².